The number of aromatic nitrogens is 6. The van der Waals surface area contributed by atoms with Gasteiger partial charge in [0, 0.05) is 18.9 Å². The van der Waals surface area contributed by atoms with E-state index in [1.54, 1.807) is 6.20 Å². The Hall–Kier alpha value is -2.29. The Kier molecular flexibility index (Phi) is 4.96. The molecule has 23 heavy (non-hydrogen) atoms. The van der Waals surface area contributed by atoms with Gasteiger partial charge in [-0.3, -0.25) is 4.79 Å². The van der Waals surface area contributed by atoms with E-state index in [-0.39, 0.29) is 18.6 Å². The normalized spacial score (nSPS) is 15.5. The number of rotatable bonds is 9. The molecule has 0 amide bonds. The third-order valence-corrected chi connectivity index (χ3v) is 3.95. The molecule has 1 atom stereocenters. The van der Waals surface area contributed by atoms with E-state index in [0.29, 0.717) is 11.7 Å². The largest absolute Gasteiger partial charge is 0.468 e. The Morgan fingerprint density at radius 1 is 1.52 bits per heavy atom. The molecule has 1 fully saturated rings. The summed E-state index contributed by atoms with van der Waals surface area (Å²) in [5.74, 6) is 0.888. The van der Waals surface area contributed by atoms with Crippen molar-refractivity contribution in [1.29, 1.82) is 0 Å². The van der Waals surface area contributed by atoms with Crippen molar-refractivity contribution < 1.29 is 9.53 Å². The highest BCUT2D eigenvalue weighted by Gasteiger charge is 2.35. The SMILES string of the molecule is COC(=O)Cn1nnnc1C(NCCCn1ccnc1)C1CC1. The second-order valence-electron chi connectivity index (χ2n) is 5.69. The van der Waals surface area contributed by atoms with Gasteiger partial charge in [0.2, 0.25) is 0 Å². The lowest BCUT2D eigenvalue weighted by molar-refractivity contribution is -0.141. The van der Waals surface area contributed by atoms with Crippen LogP contribution in [0.5, 0.6) is 0 Å². The predicted octanol–water partition coefficient (Wildman–Crippen LogP) is 0.174. The zero-order valence-electron chi connectivity index (χ0n) is 13.1. The van der Waals surface area contributed by atoms with E-state index in [4.69, 9.17) is 0 Å². The predicted molar refractivity (Wildman–Crippen MR) is 80.1 cm³/mol. The zero-order valence-corrected chi connectivity index (χ0v) is 13.1. The van der Waals surface area contributed by atoms with E-state index in [2.05, 4.69) is 35.1 Å². The molecule has 9 heteroatoms. The van der Waals surface area contributed by atoms with Crippen LogP contribution in [0, 0.1) is 5.92 Å². The van der Waals surface area contributed by atoms with Crippen molar-refractivity contribution in [3.8, 4) is 0 Å². The number of hydrogen-bond donors (Lipinski definition) is 1. The Balaban J connectivity index is 1.56. The third-order valence-electron chi connectivity index (χ3n) is 3.95. The summed E-state index contributed by atoms with van der Waals surface area (Å²) in [6.45, 7) is 1.81. The number of esters is 1. The van der Waals surface area contributed by atoms with Gasteiger partial charge >= 0.3 is 5.97 Å². The van der Waals surface area contributed by atoms with Gasteiger partial charge in [0.15, 0.2) is 5.82 Å². The second-order valence-corrected chi connectivity index (χ2v) is 5.69. The van der Waals surface area contributed by atoms with Crippen LogP contribution in [0.25, 0.3) is 0 Å². The Morgan fingerprint density at radius 2 is 2.39 bits per heavy atom. The van der Waals surface area contributed by atoms with Crippen molar-refractivity contribution in [3.63, 3.8) is 0 Å². The minimum atomic E-state index is -0.354. The van der Waals surface area contributed by atoms with Gasteiger partial charge in [0.05, 0.1) is 19.5 Å². The Morgan fingerprint density at radius 3 is 3.09 bits per heavy atom. The van der Waals surface area contributed by atoms with Crippen molar-refractivity contribution in [3.05, 3.63) is 24.5 Å². The van der Waals surface area contributed by atoms with E-state index in [9.17, 15) is 4.79 Å². The summed E-state index contributed by atoms with van der Waals surface area (Å²) in [5, 5.41) is 15.3. The number of hydrogen-bond acceptors (Lipinski definition) is 7. The van der Waals surface area contributed by atoms with E-state index in [1.165, 1.54) is 11.8 Å². The molecule has 0 saturated heterocycles. The quantitative estimate of drug-likeness (QED) is 0.519. The number of tetrazole rings is 1. The molecule has 0 spiro atoms. The molecular formula is C14H21N7O2. The van der Waals surface area contributed by atoms with Crippen molar-refractivity contribution in [2.45, 2.75) is 38.4 Å². The monoisotopic (exact) mass is 319 g/mol. The molecule has 1 aliphatic rings. The van der Waals surface area contributed by atoms with Gasteiger partial charge in [0.1, 0.15) is 6.54 Å². The van der Waals surface area contributed by atoms with Crippen molar-refractivity contribution >= 4 is 5.97 Å². The van der Waals surface area contributed by atoms with Gasteiger partial charge in [-0.05, 0) is 42.2 Å². The second kappa shape index (κ2) is 7.32. The minimum Gasteiger partial charge on any atom is -0.468 e. The fourth-order valence-electron chi connectivity index (χ4n) is 2.57. The molecule has 0 radical (unpaired) electrons. The van der Waals surface area contributed by atoms with Crippen LogP contribution in [-0.2, 0) is 22.6 Å². The van der Waals surface area contributed by atoms with Crippen LogP contribution in [-0.4, -0.2) is 49.4 Å². The average molecular weight is 319 g/mol. The molecule has 2 aromatic heterocycles. The average Bonchev–Trinajstić information content (AvgIpc) is 3.07. The molecule has 2 heterocycles. The molecule has 1 saturated carbocycles. The van der Waals surface area contributed by atoms with Crippen molar-refractivity contribution in [2.24, 2.45) is 5.92 Å². The molecule has 1 unspecified atom stereocenters. The summed E-state index contributed by atoms with van der Waals surface area (Å²) in [4.78, 5) is 15.5. The van der Waals surface area contributed by atoms with Crippen LogP contribution in [0.4, 0.5) is 0 Å². The van der Waals surface area contributed by atoms with Crippen LogP contribution in [0.15, 0.2) is 18.7 Å². The molecule has 124 valence electrons. The molecular weight excluding hydrogens is 298 g/mol. The van der Waals surface area contributed by atoms with Gasteiger partial charge in [0.25, 0.3) is 0 Å². The van der Waals surface area contributed by atoms with Crippen LogP contribution >= 0.6 is 0 Å². The maximum absolute atomic E-state index is 11.5. The van der Waals surface area contributed by atoms with E-state index in [1.807, 2.05) is 12.5 Å². The number of carbonyl (C=O) groups excluding carboxylic acids is 1. The van der Waals surface area contributed by atoms with Crippen molar-refractivity contribution in [2.75, 3.05) is 13.7 Å². The summed E-state index contributed by atoms with van der Waals surface area (Å²) in [6, 6.07) is 0.0810. The first kappa shape index (κ1) is 15.6. The molecule has 1 aliphatic carbocycles. The number of aryl methyl sites for hydroxylation is 1. The molecule has 3 rings (SSSR count). The first-order chi connectivity index (χ1) is 11.3. The first-order valence-electron chi connectivity index (χ1n) is 7.80. The lowest BCUT2D eigenvalue weighted by Gasteiger charge is -2.17. The summed E-state index contributed by atoms with van der Waals surface area (Å²) in [5.41, 5.74) is 0. The molecule has 0 aromatic carbocycles. The number of methoxy groups -OCH3 is 1. The van der Waals surface area contributed by atoms with E-state index >= 15 is 0 Å². The smallest absolute Gasteiger partial charge is 0.327 e. The van der Waals surface area contributed by atoms with Gasteiger partial charge in [-0.25, -0.2) is 9.67 Å². The van der Waals surface area contributed by atoms with E-state index < -0.39 is 0 Å². The summed E-state index contributed by atoms with van der Waals surface area (Å²) in [6.07, 6.45) is 8.85. The fraction of sp³-hybridized carbons (Fsp3) is 0.643. The lowest BCUT2D eigenvalue weighted by Crippen LogP contribution is -2.29. The topological polar surface area (TPSA) is 99.8 Å². The number of imidazole rings is 1. The Bertz CT molecular complexity index is 621. The summed E-state index contributed by atoms with van der Waals surface area (Å²) in [7, 11) is 1.36. The fourth-order valence-corrected chi connectivity index (χ4v) is 2.57. The maximum atomic E-state index is 11.5. The lowest BCUT2D eigenvalue weighted by atomic mass is 10.1. The number of carbonyl (C=O) groups is 1. The van der Waals surface area contributed by atoms with Crippen molar-refractivity contribution in [1.82, 2.24) is 35.1 Å². The molecule has 2 aromatic rings. The van der Waals surface area contributed by atoms with Gasteiger partial charge in [-0.15, -0.1) is 5.10 Å². The first-order valence-corrected chi connectivity index (χ1v) is 7.80. The summed E-state index contributed by atoms with van der Waals surface area (Å²) >= 11 is 0. The third kappa shape index (κ3) is 4.13. The molecule has 9 nitrogen and oxygen atoms in total. The number of nitrogens with one attached hydrogen (secondary N) is 1. The summed E-state index contributed by atoms with van der Waals surface area (Å²) < 4.78 is 8.27. The Labute approximate surface area is 134 Å². The molecule has 1 N–H and O–H groups in total. The van der Waals surface area contributed by atoms with Crippen LogP contribution in [0.3, 0.4) is 0 Å². The van der Waals surface area contributed by atoms with Gasteiger partial charge in [-0.2, -0.15) is 0 Å². The van der Waals surface area contributed by atoms with Crippen LogP contribution < -0.4 is 5.32 Å². The number of ether oxygens (including phenoxy) is 1. The minimum absolute atomic E-state index is 0.0404. The van der Waals surface area contributed by atoms with Gasteiger partial charge in [-0.1, -0.05) is 0 Å². The standard InChI is InChI=1S/C14H21N7O2/c1-23-12(22)9-21-14(17-18-19-21)13(11-3-4-11)16-5-2-7-20-8-6-15-10-20/h6,8,10-11,13,16H,2-5,7,9H2,1H3. The highest BCUT2D eigenvalue weighted by atomic mass is 16.5. The zero-order chi connectivity index (χ0) is 16.1. The highest BCUT2D eigenvalue weighted by Crippen LogP contribution is 2.40. The maximum Gasteiger partial charge on any atom is 0.327 e. The molecule has 0 aliphatic heterocycles. The van der Waals surface area contributed by atoms with E-state index in [0.717, 1.165) is 32.4 Å². The van der Waals surface area contributed by atoms with Crippen LogP contribution in [0.1, 0.15) is 31.1 Å². The molecule has 0 bridgehead atoms. The van der Waals surface area contributed by atoms with Crippen LogP contribution in [0.2, 0.25) is 0 Å². The highest BCUT2D eigenvalue weighted by molar-refractivity contribution is 5.68. The van der Waals surface area contributed by atoms with Gasteiger partial charge < -0.3 is 14.6 Å². The number of nitrogens with zero attached hydrogens (tertiary/aromatic N) is 6.